The first-order valence-corrected chi connectivity index (χ1v) is 10.3. The number of carbonyl (C=O) groups is 1. The van der Waals surface area contributed by atoms with Crippen LogP contribution < -0.4 is 10.9 Å². The van der Waals surface area contributed by atoms with Crippen LogP contribution in [0.4, 0.5) is 5.69 Å². The normalized spacial score (nSPS) is 11.0. The molecule has 3 aromatic heterocycles. The van der Waals surface area contributed by atoms with Gasteiger partial charge in [-0.1, -0.05) is 48.5 Å². The van der Waals surface area contributed by atoms with Gasteiger partial charge in [0, 0.05) is 22.7 Å². The van der Waals surface area contributed by atoms with Crippen molar-refractivity contribution in [2.45, 2.75) is 13.5 Å². The zero-order valence-electron chi connectivity index (χ0n) is 17.4. The predicted octanol–water partition coefficient (Wildman–Crippen LogP) is 4.55. The van der Waals surface area contributed by atoms with Gasteiger partial charge in [0.1, 0.15) is 11.2 Å². The van der Waals surface area contributed by atoms with Gasteiger partial charge in [0.2, 0.25) is 0 Å². The molecule has 0 bridgehead atoms. The van der Waals surface area contributed by atoms with E-state index in [1.165, 1.54) is 0 Å². The highest BCUT2D eigenvalue weighted by atomic mass is 16.2. The topological polar surface area (TPSA) is 76.9 Å². The quantitative estimate of drug-likeness (QED) is 0.463. The fourth-order valence-electron chi connectivity index (χ4n) is 3.88. The van der Waals surface area contributed by atoms with Crippen molar-refractivity contribution in [2.24, 2.45) is 0 Å². The molecule has 5 aromatic rings. The highest BCUT2D eigenvalue weighted by Crippen LogP contribution is 2.23. The molecule has 0 spiro atoms. The Morgan fingerprint density at radius 3 is 2.59 bits per heavy atom. The van der Waals surface area contributed by atoms with E-state index in [1.54, 1.807) is 22.9 Å². The monoisotopic (exact) mass is 420 g/mol. The largest absolute Gasteiger partial charge is 0.321 e. The lowest BCUT2D eigenvalue weighted by atomic mass is 10.1. The van der Waals surface area contributed by atoms with Gasteiger partial charge in [-0.05, 0) is 42.8 Å². The van der Waals surface area contributed by atoms with Gasteiger partial charge in [0.05, 0.1) is 17.7 Å². The molecule has 1 N–H and O–H groups in total. The van der Waals surface area contributed by atoms with Crippen LogP contribution in [0.5, 0.6) is 0 Å². The van der Waals surface area contributed by atoms with Gasteiger partial charge in [0.25, 0.3) is 11.5 Å². The summed E-state index contributed by atoms with van der Waals surface area (Å²) in [5, 5.41) is 4.47. The number of hydrogen-bond acceptors (Lipinski definition) is 4. The third kappa shape index (κ3) is 3.63. The van der Waals surface area contributed by atoms with Gasteiger partial charge >= 0.3 is 0 Å². The highest BCUT2D eigenvalue weighted by molar-refractivity contribution is 6.09. The molecular weight excluding hydrogens is 400 g/mol. The Kier molecular flexibility index (Phi) is 4.95. The summed E-state index contributed by atoms with van der Waals surface area (Å²) >= 11 is 0. The van der Waals surface area contributed by atoms with Gasteiger partial charge in [-0.15, -0.1) is 0 Å². The Bertz CT molecular complexity index is 1520. The Morgan fingerprint density at radius 1 is 0.969 bits per heavy atom. The lowest BCUT2D eigenvalue weighted by Crippen LogP contribution is -2.30. The number of nitrogens with zero attached hydrogens (tertiary/aromatic N) is 3. The average molecular weight is 420 g/mol. The van der Waals surface area contributed by atoms with E-state index in [0.29, 0.717) is 17.9 Å². The van der Waals surface area contributed by atoms with Gasteiger partial charge < -0.3 is 5.32 Å². The summed E-state index contributed by atoms with van der Waals surface area (Å²) in [5.74, 6) is -0.460. The first kappa shape index (κ1) is 19.6. The van der Waals surface area contributed by atoms with Crippen molar-refractivity contribution < 1.29 is 4.79 Å². The second kappa shape index (κ2) is 8.07. The summed E-state index contributed by atoms with van der Waals surface area (Å²) in [5.41, 5.74) is 3.37. The molecule has 1 amide bonds. The Hall–Kier alpha value is -4.32. The molecule has 0 fully saturated rings. The van der Waals surface area contributed by atoms with Crippen LogP contribution in [0, 0.1) is 6.92 Å². The van der Waals surface area contributed by atoms with Crippen LogP contribution in [0.15, 0.2) is 89.9 Å². The maximum Gasteiger partial charge on any atom is 0.265 e. The molecule has 32 heavy (non-hydrogen) atoms. The van der Waals surface area contributed by atoms with Crippen LogP contribution >= 0.6 is 0 Å². The van der Waals surface area contributed by atoms with Crippen LogP contribution in [0.2, 0.25) is 0 Å². The summed E-state index contributed by atoms with van der Waals surface area (Å²) in [6, 6.07) is 24.3. The van der Waals surface area contributed by atoms with Crippen LogP contribution in [-0.2, 0) is 6.54 Å². The first-order valence-electron chi connectivity index (χ1n) is 10.3. The Labute approximate surface area is 184 Å². The lowest BCUT2D eigenvalue weighted by Gasteiger charge is -2.13. The molecule has 0 unspecified atom stereocenters. The Balaban J connectivity index is 1.61. The van der Waals surface area contributed by atoms with Crippen LogP contribution in [0.25, 0.3) is 21.9 Å². The van der Waals surface area contributed by atoms with E-state index >= 15 is 0 Å². The SMILES string of the molecule is Cc1cc(NC(=O)c2cc3cccnc3n(Cc3ccccc3)c2=O)c2ccccc2n1. The molecule has 6 nitrogen and oxygen atoms in total. The zero-order chi connectivity index (χ0) is 22.1. The van der Waals surface area contributed by atoms with E-state index < -0.39 is 5.91 Å². The van der Waals surface area contributed by atoms with Crippen molar-refractivity contribution in [3.8, 4) is 0 Å². The summed E-state index contributed by atoms with van der Waals surface area (Å²) in [4.78, 5) is 35.6. The second-order valence-electron chi connectivity index (χ2n) is 7.63. The molecule has 0 aliphatic heterocycles. The van der Waals surface area contributed by atoms with E-state index in [9.17, 15) is 9.59 Å². The van der Waals surface area contributed by atoms with Crippen molar-refractivity contribution >= 4 is 33.5 Å². The third-order valence-electron chi connectivity index (χ3n) is 5.37. The zero-order valence-corrected chi connectivity index (χ0v) is 17.4. The van der Waals surface area contributed by atoms with Gasteiger partial charge in [-0.3, -0.25) is 19.1 Å². The number of aromatic nitrogens is 3. The summed E-state index contributed by atoms with van der Waals surface area (Å²) in [6.45, 7) is 2.20. The average Bonchev–Trinajstić information content (AvgIpc) is 2.81. The molecule has 0 aliphatic carbocycles. The summed E-state index contributed by atoms with van der Waals surface area (Å²) in [7, 11) is 0. The minimum atomic E-state index is -0.460. The maximum atomic E-state index is 13.4. The van der Waals surface area contributed by atoms with E-state index in [1.807, 2.05) is 73.7 Å². The summed E-state index contributed by atoms with van der Waals surface area (Å²) in [6.07, 6.45) is 1.65. The number of hydrogen-bond donors (Lipinski definition) is 1. The number of fused-ring (bicyclic) bond motifs is 2. The van der Waals surface area contributed by atoms with Gasteiger partial charge in [-0.25, -0.2) is 4.98 Å². The third-order valence-corrected chi connectivity index (χ3v) is 5.37. The van der Waals surface area contributed by atoms with E-state index in [2.05, 4.69) is 15.3 Å². The molecule has 0 aliphatic rings. The number of nitrogens with one attached hydrogen (secondary N) is 1. The number of aryl methyl sites for hydroxylation is 1. The minimum absolute atomic E-state index is 0.0694. The second-order valence-corrected chi connectivity index (χ2v) is 7.63. The number of pyridine rings is 3. The standard InChI is InChI=1S/C26H20N4O2/c1-17-14-23(20-11-5-6-12-22(20)28-17)29-25(31)21-15-19-10-7-13-27-24(19)30(26(21)32)16-18-8-3-2-4-9-18/h2-15H,16H2,1H3,(H,28,29,31). The van der Waals surface area contributed by atoms with Crippen LogP contribution in [0.3, 0.4) is 0 Å². The molecule has 6 heteroatoms. The number of anilines is 1. The smallest absolute Gasteiger partial charge is 0.265 e. The van der Waals surface area contributed by atoms with E-state index in [4.69, 9.17) is 0 Å². The van der Waals surface area contributed by atoms with Gasteiger partial charge in [-0.2, -0.15) is 0 Å². The Morgan fingerprint density at radius 2 is 1.75 bits per heavy atom. The lowest BCUT2D eigenvalue weighted by molar-refractivity contribution is 0.102. The molecule has 0 radical (unpaired) electrons. The molecule has 2 aromatic carbocycles. The van der Waals surface area contributed by atoms with Crippen molar-refractivity contribution in [3.63, 3.8) is 0 Å². The molecule has 156 valence electrons. The van der Waals surface area contributed by atoms with Crippen molar-refractivity contribution in [1.29, 1.82) is 0 Å². The molecule has 5 rings (SSSR count). The fourth-order valence-corrected chi connectivity index (χ4v) is 3.88. The molecule has 0 saturated heterocycles. The number of amides is 1. The fraction of sp³-hybridized carbons (Fsp3) is 0.0769. The molecule has 0 saturated carbocycles. The minimum Gasteiger partial charge on any atom is -0.321 e. The van der Waals surface area contributed by atoms with E-state index in [-0.39, 0.29) is 11.1 Å². The molecule has 0 atom stereocenters. The number of benzene rings is 2. The molecular formula is C26H20N4O2. The van der Waals surface area contributed by atoms with Crippen LogP contribution in [0.1, 0.15) is 21.6 Å². The van der Waals surface area contributed by atoms with Crippen molar-refractivity contribution in [3.05, 3.63) is 112 Å². The predicted molar refractivity (Wildman–Crippen MR) is 126 cm³/mol. The summed E-state index contributed by atoms with van der Waals surface area (Å²) < 4.78 is 1.55. The van der Waals surface area contributed by atoms with Crippen molar-refractivity contribution in [1.82, 2.24) is 14.5 Å². The van der Waals surface area contributed by atoms with Crippen LogP contribution in [-0.4, -0.2) is 20.4 Å². The van der Waals surface area contributed by atoms with Gasteiger partial charge in [0.15, 0.2) is 0 Å². The number of para-hydroxylation sites is 1. The van der Waals surface area contributed by atoms with Crippen molar-refractivity contribution in [2.75, 3.05) is 5.32 Å². The van der Waals surface area contributed by atoms with E-state index in [0.717, 1.165) is 27.5 Å². The maximum absolute atomic E-state index is 13.4. The number of carbonyl (C=O) groups excluding carboxylic acids is 1. The number of rotatable bonds is 4. The molecule has 3 heterocycles. The highest BCUT2D eigenvalue weighted by Gasteiger charge is 2.18. The first-order chi connectivity index (χ1) is 15.6.